The van der Waals surface area contributed by atoms with Gasteiger partial charge >= 0.3 is 0 Å². The summed E-state index contributed by atoms with van der Waals surface area (Å²) in [5.41, 5.74) is 0.696. The number of hydrogen-bond donors (Lipinski definition) is 0. The van der Waals surface area contributed by atoms with Crippen LogP contribution in [0.5, 0.6) is 0 Å². The smallest absolute Gasteiger partial charge is 0.192 e. The Morgan fingerprint density at radius 3 is 2.50 bits per heavy atom. The molecule has 1 saturated heterocycles. The van der Waals surface area contributed by atoms with Gasteiger partial charge in [-0.1, -0.05) is 15.9 Å². The molecule has 2 nitrogen and oxygen atoms in total. The highest BCUT2D eigenvalue weighted by molar-refractivity contribution is 9.10. The molecule has 76 valence electrons. The van der Waals surface area contributed by atoms with Crippen LogP contribution in [0.3, 0.4) is 0 Å². The Morgan fingerprint density at radius 1 is 1.29 bits per heavy atom. The first-order valence-corrected chi connectivity index (χ1v) is 5.14. The van der Waals surface area contributed by atoms with Gasteiger partial charge in [-0.2, -0.15) is 0 Å². The average molecular weight is 261 g/mol. The van der Waals surface area contributed by atoms with Crippen molar-refractivity contribution in [3.05, 3.63) is 34.1 Å². The van der Waals surface area contributed by atoms with Crippen LogP contribution in [0.1, 0.15) is 12.5 Å². The fourth-order valence-electron chi connectivity index (χ4n) is 1.50. The van der Waals surface area contributed by atoms with Gasteiger partial charge in [0.25, 0.3) is 0 Å². The van der Waals surface area contributed by atoms with Crippen LogP contribution in [-0.2, 0) is 15.3 Å². The second-order valence-electron chi connectivity index (χ2n) is 3.30. The maximum absolute atomic E-state index is 13.1. The van der Waals surface area contributed by atoms with Crippen molar-refractivity contribution in [2.24, 2.45) is 0 Å². The van der Waals surface area contributed by atoms with Gasteiger partial charge in [0.15, 0.2) is 5.79 Å². The summed E-state index contributed by atoms with van der Waals surface area (Å²) < 4.78 is 24.7. The van der Waals surface area contributed by atoms with E-state index in [0.717, 1.165) is 0 Å². The minimum atomic E-state index is -0.801. The van der Waals surface area contributed by atoms with Gasteiger partial charge in [-0.15, -0.1) is 0 Å². The summed E-state index contributed by atoms with van der Waals surface area (Å²) in [5.74, 6) is -1.10. The summed E-state index contributed by atoms with van der Waals surface area (Å²) in [6.45, 7) is 2.89. The molecule has 1 heterocycles. The molecular weight excluding hydrogens is 251 g/mol. The van der Waals surface area contributed by atoms with Crippen molar-refractivity contribution in [3.8, 4) is 0 Å². The summed E-state index contributed by atoms with van der Waals surface area (Å²) in [4.78, 5) is 0. The van der Waals surface area contributed by atoms with Gasteiger partial charge in [0, 0.05) is 10.0 Å². The Hall–Kier alpha value is -0.450. The van der Waals surface area contributed by atoms with E-state index in [1.807, 2.05) is 0 Å². The van der Waals surface area contributed by atoms with E-state index < -0.39 is 5.79 Å². The topological polar surface area (TPSA) is 18.5 Å². The molecule has 14 heavy (non-hydrogen) atoms. The zero-order chi connectivity index (χ0) is 10.2. The Bertz CT molecular complexity index is 328. The molecule has 0 atom stereocenters. The van der Waals surface area contributed by atoms with E-state index in [1.54, 1.807) is 13.0 Å². The standard InChI is InChI=1S/C10H10BrFO2/c1-10(13-2-3-14-10)7-4-8(11)6-9(12)5-7/h4-6H,2-3H2,1H3. The fraction of sp³-hybridized carbons (Fsp3) is 0.400. The number of benzene rings is 1. The molecule has 0 aliphatic carbocycles. The van der Waals surface area contributed by atoms with E-state index in [2.05, 4.69) is 15.9 Å². The molecule has 1 aliphatic rings. The SMILES string of the molecule is CC1(c2cc(F)cc(Br)c2)OCCO1. The number of halogens is 2. The van der Waals surface area contributed by atoms with Crippen LogP contribution < -0.4 is 0 Å². The van der Waals surface area contributed by atoms with Crippen LogP contribution in [0.2, 0.25) is 0 Å². The van der Waals surface area contributed by atoms with E-state index in [0.29, 0.717) is 23.2 Å². The Labute approximate surface area is 90.1 Å². The molecule has 0 N–H and O–H groups in total. The lowest BCUT2D eigenvalue weighted by Crippen LogP contribution is -2.22. The van der Waals surface area contributed by atoms with Crippen LogP contribution in [0, 0.1) is 5.82 Å². The maximum Gasteiger partial charge on any atom is 0.192 e. The van der Waals surface area contributed by atoms with Crippen molar-refractivity contribution in [2.45, 2.75) is 12.7 Å². The maximum atomic E-state index is 13.1. The van der Waals surface area contributed by atoms with E-state index in [1.165, 1.54) is 12.1 Å². The van der Waals surface area contributed by atoms with Crippen LogP contribution in [-0.4, -0.2) is 13.2 Å². The van der Waals surface area contributed by atoms with Gasteiger partial charge in [-0.25, -0.2) is 4.39 Å². The van der Waals surface area contributed by atoms with Crippen molar-refractivity contribution in [1.29, 1.82) is 0 Å². The molecule has 2 rings (SSSR count). The molecule has 0 saturated carbocycles. The van der Waals surface area contributed by atoms with Crippen molar-refractivity contribution >= 4 is 15.9 Å². The lowest BCUT2D eigenvalue weighted by molar-refractivity contribution is -0.149. The normalized spacial score (nSPS) is 19.9. The van der Waals surface area contributed by atoms with Crippen molar-refractivity contribution in [1.82, 2.24) is 0 Å². The molecule has 0 spiro atoms. The number of ether oxygens (including phenoxy) is 2. The van der Waals surface area contributed by atoms with Gasteiger partial charge in [0.1, 0.15) is 5.82 Å². The first kappa shape index (κ1) is 10.1. The molecule has 0 radical (unpaired) electrons. The summed E-state index contributed by atoms with van der Waals surface area (Å²) in [6, 6.07) is 4.63. The summed E-state index contributed by atoms with van der Waals surface area (Å²) >= 11 is 3.23. The number of hydrogen-bond acceptors (Lipinski definition) is 2. The molecule has 0 aromatic heterocycles. The molecule has 0 unspecified atom stereocenters. The largest absolute Gasteiger partial charge is 0.344 e. The molecule has 0 amide bonds. The van der Waals surface area contributed by atoms with Crippen LogP contribution in [0.15, 0.2) is 22.7 Å². The first-order valence-electron chi connectivity index (χ1n) is 4.35. The van der Waals surface area contributed by atoms with E-state index in [-0.39, 0.29) is 5.82 Å². The summed E-state index contributed by atoms with van der Waals surface area (Å²) in [6.07, 6.45) is 0. The monoisotopic (exact) mass is 260 g/mol. The quantitative estimate of drug-likeness (QED) is 0.773. The van der Waals surface area contributed by atoms with Gasteiger partial charge in [-0.05, 0) is 25.1 Å². The third-order valence-electron chi connectivity index (χ3n) is 2.23. The number of rotatable bonds is 1. The minimum Gasteiger partial charge on any atom is -0.344 e. The zero-order valence-corrected chi connectivity index (χ0v) is 9.30. The summed E-state index contributed by atoms with van der Waals surface area (Å²) in [7, 11) is 0. The minimum absolute atomic E-state index is 0.297. The molecular formula is C10H10BrFO2. The van der Waals surface area contributed by atoms with Gasteiger partial charge < -0.3 is 9.47 Å². The van der Waals surface area contributed by atoms with Crippen LogP contribution >= 0.6 is 15.9 Å². The molecule has 4 heteroatoms. The van der Waals surface area contributed by atoms with Crippen molar-refractivity contribution in [3.63, 3.8) is 0 Å². The molecule has 1 aromatic carbocycles. The molecule has 0 bridgehead atoms. The van der Waals surface area contributed by atoms with E-state index in [4.69, 9.17) is 9.47 Å². The van der Waals surface area contributed by atoms with Crippen molar-refractivity contribution in [2.75, 3.05) is 13.2 Å². The van der Waals surface area contributed by atoms with E-state index >= 15 is 0 Å². The van der Waals surface area contributed by atoms with Crippen molar-refractivity contribution < 1.29 is 13.9 Å². The lowest BCUT2D eigenvalue weighted by Gasteiger charge is -2.22. The second-order valence-corrected chi connectivity index (χ2v) is 4.22. The summed E-state index contributed by atoms with van der Waals surface area (Å²) in [5, 5.41) is 0. The van der Waals surface area contributed by atoms with E-state index in [9.17, 15) is 4.39 Å². The highest BCUT2D eigenvalue weighted by Crippen LogP contribution is 2.32. The third-order valence-corrected chi connectivity index (χ3v) is 2.68. The molecule has 1 fully saturated rings. The molecule has 1 aromatic rings. The average Bonchev–Trinajstić information content (AvgIpc) is 2.52. The lowest BCUT2D eigenvalue weighted by atomic mass is 10.1. The van der Waals surface area contributed by atoms with Crippen LogP contribution in [0.4, 0.5) is 4.39 Å². The fourth-order valence-corrected chi connectivity index (χ4v) is 1.96. The predicted octanol–water partition coefficient (Wildman–Crippen LogP) is 2.81. The first-order chi connectivity index (χ1) is 6.60. The Morgan fingerprint density at radius 2 is 1.93 bits per heavy atom. The highest BCUT2D eigenvalue weighted by atomic mass is 79.9. The van der Waals surface area contributed by atoms with Crippen LogP contribution in [0.25, 0.3) is 0 Å². The Balaban J connectivity index is 2.40. The third kappa shape index (κ3) is 1.82. The predicted molar refractivity (Wildman–Crippen MR) is 53.4 cm³/mol. The molecule has 1 aliphatic heterocycles. The highest BCUT2D eigenvalue weighted by Gasteiger charge is 2.33. The van der Waals surface area contributed by atoms with Gasteiger partial charge in [0.2, 0.25) is 0 Å². The van der Waals surface area contributed by atoms with Gasteiger partial charge in [0.05, 0.1) is 13.2 Å². The zero-order valence-electron chi connectivity index (χ0n) is 7.72. The second kappa shape index (κ2) is 3.61. The van der Waals surface area contributed by atoms with Gasteiger partial charge in [-0.3, -0.25) is 0 Å². The Kier molecular flexibility index (Phi) is 2.60.